The molecule has 4 nitrogen and oxygen atoms in total. The first kappa shape index (κ1) is 12.7. The Morgan fingerprint density at radius 1 is 1.44 bits per heavy atom. The zero-order valence-corrected chi connectivity index (χ0v) is 9.78. The topological polar surface area (TPSA) is 46.6 Å². The summed E-state index contributed by atoms with van der Waals surface area (Å²) in [5.41, 5.74) is 0. The highest BCUT2D eigenvalue weighted by molar-refractivity contribution is 5.91. The fraction of sp³-hybridized carbons (Fsp3) is 0.667. The maximum atomic E-state index is 11.5. The van der Waals surface area contributed by atoms with E-state index in [1.54, 1.807) is 0 Å². The Kier molecular flexibility index (Phi) is 5.61. The number of unbranched alkanes of at least 4 members (excludes halogenated alkanes) is 3. The van der Waals surface area contributed by atoms with E-state index in [1.807, 2.05) is 0 Å². The van der Waals surface area contributed by atoms with Gasteiger partial charge in [0.2, 0.25) is 0 Å². The van der Waals surface area contributed by atoms with Crippen molar-refractivity contribution in [3.63, 3.8) is 0 Å². The molecule has 0 aliphatic carbocycles. The van der Waals surface area contributed by atoms with Crippen molar-refractivity contribution in [1.82, 2.24) is 4.90 Å². The van der Waals surface area contributed by atoms with E-state index in [2.05, 4.69) is 6.92 Å². The van der Waals surface area contributed by atoms with Gasteiger partial charge in [0.25, 0.3) is 0 Å². The van der Waals surface area contributed by atoms with Crippen LogP contribution in [-0.4, -0.2) is 29.9 Å². The van der Waals surface area contributed by atoms with Crippen molar-refractivity contribution in [2.45, 2.75) is 39.0 Å². The quantitative estimate of drug-likeness (QED) is 0.675. The van der Waals surface area contributed by atoms with Crippen LogP contribution in [0.5, 0.6) is 0 Å². The summed E-state index contributed by atoms with van der Waals surface area (Å²) >= 11 is 0. The van der Waals surface area contributed by atoms with Gasteiger partial charge in [-0.05, 0) is 12.5 Å². The van der Waals surface area contributed by atoms with Crippen LogP contribution in [0.25, 0.3) is 0 Å². The van der Waals surface area contributed by atoms with Gasteiger partial charge >= 0.3 is 6.09 Å². The van der Waals surface area contributed by atoms with Crippen LogP contribution in [0.15, 0.2) is 12.3 Å². The number of nitrogens with zero attached hydrogens (tertiary/aromatic N) is 1. The Morgan fingerprint density at radius 3 is 2.88 bits per heavy atom. The molecule has 0 unspecified atom stereocenters. The molecule has 1 aliphatic heterocycles. The molecule has 0 aromatic heterocycles. The van der Waals surface area contributed by atoms with Gasteiger partial charge in [-0.1, -0.05) is 26.2 Å². The van der Waals surface area contributed by atoms with Gasteiger partial charge in [0, 0.05) is 19.2 Å². The zero-order chi connectivity index (χ0) is 11.8. The first-order valence-electron chi connectivity index (χ1n) is 5.88. The number of ether oxygens (including phenoxy) is 1. The van der Waals surface area contributed by atoms with Crippen molar-refractivity contribution in [1.29, 1.82) is 0 Å². The molecule has 90 valence electrons. The fourth-order valence-corrected chi connectivity index (χ4v) is 1.48. The predicted octanol–water partition coefficient (Wildman–Crippen LogP) is 2.49. The molecule has 0 radical (unpaired) electrons. The van der Waals surface area contributed by atoms with Crippen molar-refractivity contribution >= 4 is 11.9 Å². The van der Waals surface area contributed by atoms with Crippen LogP contribution in [0.4, 0.5) is 4.79 Å². The minimum Gasteiger partial charge on any atom is -0.449 e. The molecule has 16 heavy (non-hydrogen) atoms. The number of hydrogen-bond donors (Lipinski definition) is 0. The highest BCUT2D eigenvalue weighted by Crippen LogP contribution is 2.06. The molecule has 1 rings (SSSR count). The summed E-state index contributed by atoms with van der Waals surface area (Å²) in [6.45, 7) is 3.04. The molecule has 0 spiro atoms. The number of carbonyl (C=O) groups excluding carboxylic acids is 2. The molecule has 0 saturated carbocycles. The van der Waals surface area contributed by atoms with Crippen LogP contribution in [0.1, 0.15) is 39.0 Å². The van der Waals surface area contributed by atoms with Gasteiger partial charge in [0.15, 0.2) is 5.78 Å². The molecule has 1 amide bonds. The highest BCUT2D eigenvalue weighted by atomic mass is 16.6. The zero-order valence-electron chi connectivity index (χ0n) is 9.78. The van der Waals surface area contributed by atoms with Gasteiger partial charge in [-0.2, -0.15) is 0 Å². The first-order valence-corrected chi connectivity index (χ1v) is 5.88. The first-order chi connectivity index (χ1) is 7.74. The van der Waals surface area contributed by atoms with Crippen molar-refractivity contribution < 1.29 is 14.3 Å². The van der Waals surface area contributed by atoms with E-state index in [0.29, 0.717) is 19.6 Å². The second-order valence-corrected chi connectivity index (χ2v) is 3.90. The van der Waals surface area contributed by atoms with Crippen LogP contribution in [0.3, 0.4) is 0 Å². The maximum absolute atomic E-state index is 11.5. The van der Waals surface area contributed by atoms with Crippen LogP contribution >= 0.6 is 0 Å². The van der Waals surface area contributed by atoms with E-state index in [1.165, 1.54) is 30.0 Å². The largest absolute Gasteiger partial charge is 0.449 e. The van der Waals surface area contributed by atoms with E-state index in [4.69, 9.17) is 4.74 Å². The number of hydrogen-bond acceptors (Lipinski definition) is 3. The molecule has 1 heterocycles. The number of amides is 1. The third-order valence-corrected chi connectivity index (χ3v) is 2.50. The van der Waals surface area contributed by atoms with E-state index in [0.717, 1.165) is 12.8 Å². The minimum absolute atomic E-state index is 0.0620. The molecule has 0 atom stereocenters. The Morgan fingerprint density at radius 2 is 2.25 bits per heavy atom. The predicted molar refractivity (Wildman–Crippen MR) is 61.0 cm³/mol. The van der Waals surface area contributed by atoms with Gasteiger partial charge in [0.1, 0.15) is 0 Å². The summed E-state index contributed by atoms with van der Waals surface area (Å²) in [4.78, 5) is 23.8. The third-order valence-electron chi connectivity index (χ3n) is 2.50. The molecular formula is C12H19NO3. The Bertz CT molecular complexity index is 273. The van der Waals surface area contributed by atoms with Crippen LogP contribution in [0, 0.1) is 0 Å². The monoisotopic (exact) mass is 225 g/mol. The van der Waals surface area contributed by atoms with E-state index >= 15 is 0 Å². The van der Waals surface area contributed by atoms with E-state index in [-0.39, 0.29) is 11.9 Å². The second kappa shape index (κ2) is 7.04. The average molecular weight is 225 g/mol. The van der Waals surface area contributed by atoms with Crippen molar-refractivity contribution in [2.75, 3.05) is 13.2 Å². The molecule has 1 aliphatic rings. The summed E-state index contributed by atoms with van der Waals surface area (Å²) in [7, 11) is 0. The normalized spacial score (nSPS) is 15.3. The molecule has 4 heteroatoms. The number of allylic oxidation sites excluding steroid dienone is 1. The van der Waals surface area contributed by atoms with E-state index in [9.17, 15) is 9.59 Å². The molecule has 0 aromatic carbocycles. The lowest BCUT2D eigenvalue weighted by atomic mass is 10.2. The van der Waals surface area contributed by atoms with Crippen LogP contribution in [0.2, 0.25) is 0 Å². The van der Waals surface area contributed by atoms with Crippen molar-refractivity contribution in [3.8, 4) is 0 Å². The van der Waals surface area contributed by atoms with Gasteiger partial charge in [-0.15, -0.1) is 0 Å². The molecule has 0 saturated heterocycles. The lowest BCUT2D eigenvalue weighted by molar-refractivity contribution is -0.115. The summed E-state index contributed by atoms with van der Waals surface area (Å²) in [6, 6.07) is 0. The summed E-state index contributed by atoms with van der Waals surface area (Å²) in [5, 5.41) is 0. The van der Waals surface area contributed by atoms with E-state index < -0.39 is 0 Å². The molecule has 0 fully saturated rings. The highest BCUT2D eigenvalue weighted by Gasteiger charge is 2.16. The fourth-order valence-electron chi connectivity index (χ4n) is 1.48. The smallest absolute Gasteiger partial charge is 0.413 e. The number of carbonyl (C=O) groups is 2. The molecule has 0 bridgehead atoms. The summed E-state index contributed by atoms with van der Waals surface area (Å²) in [5.74, 6) is 0.0620. The van der Waals surface area contributed by atoms with Gasteiger partial charge in [-0.3, -0.25) is 9.69 Å². The average Bonchev–Trinajstić information content (AvgIpc) is 2.29. The molecule has 0 N–H and O–H groups in total. The minimum atomic E-state index is -0.347. The Labute approximate surface area is 96.3 Å². The molecule has 0 aromatic rings. The van der Waals surface area contributed by atoms with Gasteiger partial charge < -0.3 is 4.74 Å². The van der Waals surface area contributed by atoms with Gasteiger partial charge in [-0.25, -0.2) is 4.79 Å². The Hall–Kier alpha value is -1.32. The maximum Gasteiger partial charge on any atom is 0.413 e. The van der Waals surface area contributed by atoms with Crippen LogP contribution < -0.4 is 0 Å². The van der Waals surface area contributed by atoms with Crippen LogP contribution in [-0.2, 0) is 9.53 Å². The lowest BCUT2D eigenvalue weighted by Gasteiger charge is -2.20. The third kappa shape index (κ3) is 4.47. The van der Waals surface area contributed by atoms with Crippen molar-refractivity contribution in [3.05, 3.63) is 12.3 Å². The van der Waals surface area contributed by atoms with Gasteiger partial charge in [0.05, 0.1) is 6.61 Å². The summed E-state index contributed by atoms with van der Waals surface area (Å²) in [6.07, 6.45) is 7.32. The SMILES string of the molecule is CCCCCCOC(=O)N1C=CC(=O)CC1. The number of ketones is 1. The number of rotatable bonds is 5. The van der Waals surface area contributed by atoms with Crippen molar-refractivity contribution in [2.24, 2.45) is 0 Å². The lowest BCUT2D eigenvalue weighted by Crippen LogP contribution is -2.31. The second-order valence-electron chi connectivity index (χ2n) is 3.90. The summed E-state index contributed by atoms with van der Waals surface area (Å²) < 4.78 is 5.09. The molecular weight excluding hydrogens is 206 g/mol. The standard InChI is InChI=1S/C12H19NO3/c1-2-3-4-5-10-16-12(15)13-8-6-11(14)7-9-13/h6,8H,2-5,7,9-10H2,1H3. The Balaban J connectivity index is 2.15.